The predicted molar refractivity (Wildman–Crippen MR) is 121 cm³/mol. The number of aromatic nitrogens is 2. The van der Waals surface area contributed by atoms with Crippen molar-refractivity contribution in [3.63, 3.8) is 0 Å². The summed E-state index contributed by atoms with van der Waals surface area (Å²) in [5.41, 5.74) is 3.37. The molecule has 1 fully saturated rings. The Morgan fingerprint density at radius 3 is 2.58 bits per heavy atom. The quantitative estimate of drug-likeness (QED) is 0.610. The molecule has 6 heteroatoms. The highest BCUT2D eigenvalue weighted by molar-refractivity contribution is 5.94. The summed E-state index contributed by atoms with van der Waals surface area (Å²) in [6, 6.07) is 17.9. The fraction of sp³-hybridized carbons (Fsp3) is 0.360. The van der Waals surface area contributed by atoms with E-state index in [0.717, 1.165) is 37.9 Å². The van der Waals surface area contributed by atoms with Crippen molar-refractivity contribution in [1.82, 2.24) is 14.7 Å². The van der Waals surface area contributed by atoms with E-state index >= 15 is 0 Å². The van der Waals surface area contributed by atoms with Gasteiger partial charge in [-0.1, -0.05) is 36.8 Å². The van der Waals surface area contributed by atoms with Crippen LogP contribution in [0.3, 0.4) is 0 Å². The van der Waals surface area contributed by atoms with Gasteiger partial charge in [-0.25, -0.2) is 0 Å². The van der Waals surface area contributed by atoms with Crippen molar-refractivity contribution >= 4 is 5.91 Å². The van der Waals surface area contributed by atoms with Crippen LogP contribution in [0, 0.1) is 0 Å². The zero-order valence-corrected chi connectivity index (χ0v) is 18.4. The topological polar surface area (TPSA) is 56.6 Å². The molecule has 4 rings (SSSR count). The molecule has 1 amide bonds. The largest absolute Gasteiger partial charge is 0.497 e. The number of amides is 1. The molecule has 1 aromatic heterocycles. The molecule has 1 atom stereocenters. The van der Waals surface area contributed by atoms with Gasteiger partial charge in [-0.2, -0.15) is 5.10 Å². The van der Waals surface area contributed by atoms with Crippen LogP contribution in [0.5, 0.6) is 11.5 Å². The maximum absolute atomic E-state index is 13.5. The summed E-state index contributed by atoms with van der Waals surface area (Å²) < 4.78 is 12.5. The van der Waals surface area contributed by atoms with Crippen LogP contribution in [0.1, 0.15) is 41.2 Å². The molecule has 2 aromatic carbocycles. The number of carbonyl (C=O) groups excluding carboxylic acids is 1. The molecule has 0 N–H and O–H groups in total. The number of rotatable bonds is 5. The molecule has 6 nitrogen and oxygen atoms in total. The summed E-state index contributed by atoms with van der Waals surface area (Å²) in [5, 5.41) is 4.62. The monoisotopic (exact) mass is 419 g/mol. The smallest absolute Gasteiger partial charge is 0.272 e. The molecule has 1 unspecified atom stereocenters. The normalized spacial score (nSPS) is 16.6. The van der Waals surface area contributed by atoms with Gasteiger partial charge in [0.1, 0.15) is 17.2 Å². The lowest BCUT2D eigenvalue weighted by Gasteiger charge is -2.24. The average Bonchev–Trinajstić information content (AvgIpc) is 3.03. The molecule has 1 aliphatic heterocycles. The third-order valence-electron chi connectivity index (χ3n) is 6.01. The number of hydrogen-bond acceptors (Lipinski definition) is 4. The van der Waals surface area contributed by atoms with E-state index in [-0.39, 0.29) is 5.91 Å². The molecule has 0 radical (unpaired) electrons. The van der Waals surface area contributed by atoms with Crippen LogP contribution < -0.4 is 9.47 Å². The van der Waals surface area contributed by atoms with Gasteiger partial charge in [-0.3, -0.25) is 9.48 Å². The van der Waals surface area contributed by atoms with Gasteiger partial charge >= 0.3 is 0 Å². The maximum Gasteiger partial charge on any atom is 0.272 e. The van der Waals surface area contributed by atoms with Crippen molar-refractivity contribution in [3.8, 4) is 22.8 Å². The fourth-order valence-electron chi connectivity index (χ4n) is 4.30. The third-order valence-corrected chi connectivity index (χ3v) is 6.01. The molecular weight excluding hydrogens is 390 g/mol. The number of likely N-dealkylation sites (tertiary alicyclic amines) is 1. The Morgan fingerprint density at radius 1 is 1.03 bits per heavy atom. The molecule has 0 saturated carbocycles. The number of aryl methyl sites for hydroxylation is 1. The molecule has 31 heavy (non-hydrogen) atoms. The van der Waals surface area contributed by atoms with E-state index in [4.69, 9.17) is 9.47 Å². The summed E-state index contributed by atoms with van der Waals surface area (Å²) in [5.74, 6) is 1.79. The summed E-state index contributed by atoms with van der Waals surface area (Å²) >= 11 is 0. The summed E-state index contributed by atoms with van der Waals surface area (Å²) in [6.45, 7) is 1.50. The molecule has 0 aliphatic carbocycles. The van der Waals surface area contributed by atoms with Gasteiger partial charge in [0.2, 0.25) is 0 Å². The van der Waals surface area contributed by atoms with Gasteiger partial charge in [0.15, 0.2) is 0 Å². The lowest BCUT2D eigenvalue weighted by Crippen LogP contribution is -2.35. The first-order chi connectivity index (χ1) is 15.1. The van der Waals surface area contributed by atoms with Crippen molar-refractivity contribution in [1.29, 1.82) is 0 Å². The Morgan fingerprint density at radius 2 is 1.84 bits per heavy atom. The Bertz CT molecular complexity index is 1050. The average molecular weight is 420 g/mol. The van der Waals surface area contributed by atoms with Gasteiger partial charge in [-0.15, -0.1) is 0 Å². The highest BCUT2D eigenvalue weighted by atomic mass is 16.5. The zero-order valence-electron chi connectivity index (χ0n) is 18.4. The van der Waals surface area contributed by atoms with E-state index in [1.165, 1.54) is 5.56 Å². The molecule has 0 spiro atoms. The lowest BCUT2D eigenvalue weighted by atomic mass is 9.94. The van der Waals surface area contributed by atoms with E-state index in [0.29, 0.717) is 28.8 Å². The van der Waals surface area contributed by atoms with Crippen molar-refractivity contribution in [2.45, 2.75) is 25.2 Å². The van der Waals surface area contributed by atoms with E-state index < -0.39 is 0 Å². The fourth-order valence-corrected chi connectivity index (χ4v) is 4.30. The van der Waals surface area contributed by atoms with Gasteiger partial charge < -0.3 is 14.4 Å². The second-order valence-electron chi connectivity index (χ2n) is 7.96. The van der Waals surface area contributed by atoms with Crippen LogP contribution >= 0.6 is 0 Å². The molecule has 1 aliphatic rings. The Balaban J connectivity index is 1.62. The minimum absolute atomic E-state index is 0.0194. The Kier molecular flexibility index (Phi) is 6.26. The Labute approximate surface area is 183 Å². The van der Waals surface area contributed by atoms with Gasteiger partial charge in [-0.05, 0) is 42.7 Å². The Hall–Kier alpha value is -3.28. The van der Waals surface area contributed by atoms with E-state index in [1.54, 1.807) is 18.9 Å². The van der Waals surface area contributed by atoms with E-state index in [2.05, 4.69) is 29.4 Å². The SMILES string of the molecule is COc1ccc(OC)c(-c2cc(C(=O)N3CCCCC(c4ccccc4)C3)n(C)n2)c1. The van der Waals surface area contributed by atoms with Crippen LogP contribution in [-0.4, -0.2) is 47.9 Å². The van der Waals surface area contributed by atoms with Crippen molar-refractivity contribution in [2.24, 2.45) is 7.05 Å². The molecular formula is C25H29N3O3. The minimum atomic E-state index is 0.0194. The molecule has 3 aromatic rings. The lowest BCUT2D eigenvalue weighted by molar-refractivity contribution is 0.0743. The second-order valence-corrected chi connectivity index (χ2v) is 7.96. The van der Waals surface area contributed by atoms with Gasteiger partial charge in [0.25, 0.3) is 5.91 Å². The standard InChI is InChI=1S/C25H29N3O3/c1-27-23(16-22(26-27)21-15-20(30-2)12-13-24(21)31-3)25(29)28-14-8-7-11-19(17-28)18-9-5-4-6-10-18/h4-6,9-10,12-13,15-16,19H,7-8,11,14,17H2,1-3H3. The molecule has 0 bridgehead atoms. The summed E-state index contributed by atoms with van der Waals surface area (Å²) in [7, 11) is 5.07. The zero-order chi connectivity index (χ0) is 21.8. The van der Waals surface area contributed by atoms with Crippen LogP contribution in [0.2, 0.25) is 0 Å². The van der Waals surface area contributed by atoms with E-state index in [9.17, 15) is 4.79 Å². The van der Waals surface area contributed by atoms with Crippen LogP contribution in [0.15, 0.2) is 54.6 Å². The van der Waals surface area contributed by atoms with Crippen molar-refractivity contribution in [3.05, 3.63) is 65.9 Å². The summed E-state index contributed by atoms with van der Waals surface area (Å²) in [4.78, 5) is 15.5. The number of benzene rings is 2. The van der Waals surface area contributed by atoms with Crippen molar-refractivity contribution in [2.75, 3.05) is 27.3 Å². The highest BCUT2D eigenvalue weighted by Crippen LogP contribution is 2.33. The number of methoxy groups -OCH3 is 2. The number of ether oxygens (including phenoxy) is 2. The maximum atomic E-state index is 13.5. The predicted octanol–water partition coefficient (Wildman–Crippen LogP) is 4.51. The second kappa shape index (κ2) is 9.25. The van der Waals surface area contributed by atoms with E-state index in [1.807, 2.05) is 42.3 Å². The molecule has 2 heterocycles. The van der Waals surface area contributed by atoms with Gasteiger partial charge in [0, 0.05) is 31.6 Å². The van der Waals surface area contributed by atoms with Crippen LogP contribution in [-0.2, 0) is 7.05 Å². The van der Waals surface area contributed by atoms with Gasteiger partial charge in [0.05, 0.1) is 19.9 Å². The first-order valence-electron chi connectivity index (χ1n) is 10.7. The first kappa shape index (κ1) is 21.0. The third kappa shape index (κ3) is 4.43. The molecule has 1 saturated heterocycles. The van der Waals surface area contributed by atoms with Crippen LogP contribution in [0.4, 0.5) is 0 Å². The number of nitrogens with zero attached hydrogens (tertiary/aromatic N) is 3. The highest BCUT2D eigenvalue weighted by Gasteiger charge is 2.26. The minimum Gasteiger partial charge on any atom is -0.497 e. The number of carbonyl (C=O) groups is 1. The summed E-state index contributed by atoms with van der Waals surface area (Å²) in [6.07, 6.45) is 3.25. The number of hydrogen-bond donors (Lipinski definition) is 0. The van der Waals surface area contributed by atoms with Crippen molar-refractivity contribution < 1.29 is 14.3 Å². The first-order valence-corrected chi connectivity index (χ1v) is 10.7. The molecule has 162 valence electrons. The van der Waals surface area contributed by atoms with Crippen LogP contribution in [0.25, 0.3) is 11.3 Å².